The van der Waals surface area contributed by atoms with Crippen LogP contribution in [-0.4, -0.2) is 46.0 Å². The van der Waals surface area contributed by atoms with E-state index >= 15 is 0 Å². The molecule has 1 aliphatic heterocycles. The topological polar surface area (TPSA) is 47.4 Å². The summed E-state index contributed by atoms with van der Waals surface area (Å²) >= 11 is 0. The highest BCUT2D eigenvalue weighted by Gasteiger charge is 2.25. The van der Waals surface area contributed by atoms with Gasteiger partial charge in [0.2, 0.25) is 5.88 Å². The van der Waals surface area contributed by atoms with E-state index in [0.29, 0.717) is 18.1 Å². The molecule has 36 heavy (non-hydrogen) atoms. The zero-order valence-electron chi connectivity index (χ0n) is 22.2. The van der Waals surface area contributed by atoms with Crippen molar-refractivity contribution in [1.29, 1.82) is 0 Å². The predicted octanol–water partition coefficient (Wildman–Crippen LogP) is 6.23. The Kier molecular flexibility index (Phi) is 7.76. The normalized spacial score (nSPS) is 20.9. The molecule has 1 aromatic carbocycles. The summed E-state index contributed by atoms with van der Waals surface area (Å²) in [5.74, 6) is 2.40. The molecule has 2 aromatic heterocycles. The van der Waals surface area contributed by atoms with Crippen LogP contribution >= 0.6 is 0 Å². The number of Topliss-reactive ketones (excluding diaryl/α,β-unsaturated/α-hetero) is 1. The number of nitrogens with zero attached hydrogens (tertiary/aromatic N) is 3. The van der Waals surface area contributed by atoms with Crippen molar-refractivity contribution < 1.29 is 9.53 Å². The third kappa shape index (κ3) is 6.00. The first-order valence-electron chi connectivity index (χ1n) is 13.9. The van der Waals surface area contributed by atoms with Gasteiger partial charge in [-0.15, -0.1) is 0 Å². The van der Waals surface area contributed by atoms with Gasteiger partial charge < -0.3 is 14.2 Å². The van der Waals surface area contributed by atoms with Gasteiger partial charge >= 0.3 is 0 Å². The standard InChI is InChI=1S/C31H41N3O2/c1-22(2)36-31-12-11-25-14-17-34(18-15-29(25)32-31)16-13-23-7-9-24(10-8-23)19-30(35)27-6-4-5-26-20-33(3)21-28(26)27/h4-6,11-12,20-24H,7-10,13-19H2,1-3H3. The molecule has 3 aromatic rings. The molecule has 1 saturated carbocycles. The highest BCUT2D eigenvalue weighted by molar-refractivity contribution is 6.08. The van der Waals surface area contributed by atoms with E-state index in [4.69, 9.17) is 9.72 Å². The second-order valence-electron chi connectivity index (χ2n) is 11.3. The van der Waals surface area contributed by atoms with Crippen molar-refractivity contribution in [2.24, 2.45) is 18.9 Å². The third-order valence-corrected chi connectivity index (χ3v) is 8.17. The molecule has 0 amide bonds. The number of fused-ring (bicyclic) bond motifs is 2. The van der Waals surface area contributed by atoms with Crippen molar-refractivity contribution in [3.05, 3.63) is 59.5 Å². The van der Waals surface area contributed by atoms with Gasteiger partial charge in [0, 0.05) is 73.5 Å². The quantitative estimate of drug-likeness (QED) is 0.353. The average Bonchev–Trinajstić information content (AvgIpc) is 3.13. The van der Waals surface area contributed by atoms with E-state index in [2.05, 4.69) is 29.4 Å². The molecule has 3 heterocycles. The maximum absolute atomic E-state index is 13.1. The lowest BCUT2D eigenvalue weighted by Crippen LogP contribution is -2.29. The van der Waals surface area contributed by atoms with Gasteiger partial charge in [0.05, 0.1) is 6.10 Å². The summed E-state index contributed by atoms with van der Waals surface area (Å²) in [4.78, 5) is 20.5. The minimum atomic E-state index is 0.157. The summed E-state index contributed by atoms with van der Waals surface area (Å²) in [7, 11) is 2.02. The Morgan fingerprint density at radius 3 is 2.61 bits per heavy atom. The molecule has 5 heteroatoms. The van der Waals surface area contributed by atoms with E-state index in [-0.39, 0.29) is 6.10 Å². The SMILES string of the molecule is CC(C)Oc1ccc2c(n1)CCN(CCC1CCC(CC(=O)c3cccc4cn(C)cc34)CC1)CC2. The molecule has 0 spiro atoms. The monoisotopic (exact) mass is 487 g/mol. The molecule has 2 aliphatic rings. The molecule has 1 fully saturated rings. The van der Waals surface area contributed by atoms with Gasteiger partial charge in [0.25, 0.3) is 0 Å². The third-order valence-electron chi connectivity index (χ3n) is 8.17. The zero-order chi connectivity index (χ0) is 25.1. The van der Waals surface area contributed by atoms with Crippen LogP contribution in [0.2, 0.25) is 0 Å². The van der Waals surface area contributed by atoms with E-state index in [9.17, 15) is 4.79 Å². The van der Waals surface area contributed by atoms with Gasteiger partial charge in [-0.05, 0) is 63.5 Å². The van der Waals surface area contributed by atoms with Gasteiger partial charge in [-0.1, -0.05) is 37.1 Å². The van der Waals surface area contributed by atoms with Crippen LogP contribution in [0.1, 0.15) is 74.0 Å². The summed E-state index contributed by atoms with van der Waals surface area (Å²) in [6.45, 7) is 7.47. The number of carbonyl (C=O) groups is 1. The summed E-state index contributed by atoms with van der Waals surface area (Å²) in [6, 6.07) is 10.4. The minimum Gasteiger partial charge on any atom is -0.475 e. The van der Waals surface area contributed by atoms with E-state index in [1.807, 2.05) is 43.7 Å². The van der Waals surface area contributed by atoms with E-state index < -0.39 is 0 Å². The Balaban J connectivity index is 1.07. The van der Waals surface area contributed by atoms with Gasteiger partial charge in [-0.25, -0.2) is 4.98 Å². The van der Waals surface area contributed by atoms with Gasteiger partial charge in [0.1, 0.15) is 0 Å². The number of ether oxygens (including phenoxy) is 1. The number of aryl methyl sites for hydroxylation is 1. The molecular weight excluding hydrogens is 446 g/mol. The molecule has 5 rings (SSSR count). The van der Waals surface area contributed by atoms with Gasteiger partial charge in [0.15, 0.2) is 5.78 Å². The van der Waals surface area contributed by atoms with Crippen LogP contribution in [-0.2, 0) is 19.9 Å². The summed E-state index contributed by atoms with van der Waals surface area (Å²) in [6.07, 6.45) is 13.3. The Morgan fingerprint density at radius 2 is 1.81 bits per heavy atom. The summed E-state index contributed by atoms with van der Waals surface area (Å²) in [5, 5.41) is 2.25. The fourth-order valence-corrected chi connectivity index (χ4v) is 6.14. The van der Waals surface area contributed by atoms with Crippen LogP contribution in [0, 0.1) is 11.8 Å². The van der Waals surface area contributed by atoms with Crippen molar-refractivity contribution in [2.75, 3.05) is 19.6 Å². The highest BCUT2D eigenvalue weighted by atomic mass is 16.5. The van der Waals surface area contributed by atoms with Crippen molar-refractivity contribution in [1.82, 2.24) is 14.5 Å². The summed E-state index contributed by atoms with van der Waals surface area (Å²) in [5.41, 5.74) is 3.49. The molecule has 192 valence electrons. The van der Waals surface area contributed by atoms with Crippen LogP contribution < -0.4 is 4.74 Å². The van der Waals surface area contributed by atoms with Crippen molar-refractivity contribution >= 4 is 16.6 Å². The molecule has 0 N–H and O–H groups in total. The molecular formula is C31H41N3O2. The van der Waals surface area contributed by atoms with Crippen LogP contribution in [0.25, 0.3) is 10.8 Å². The Bertz CT molecular complexity index is 1190. The number of carbonyl (C=O) groups excluding carboxylic acids is 1. The van der Waals surface area contributed by atoms with Crippen molar-refractivity contribution in [3.63, 3.8) is 0 Å². The number of ketones is 1. The van der Waals surface area contributed by atoms with Crippen LogP contribution in [0.4, 0.5) is 0 Å². The van der Waals surface area contributed by atoms with Gasteiger partial charge in [-0.3, -0.25) is 4.79 Å². The molecule has 0 radical (unpaired) electrons. The molecule has 1 aliphatic carbocycles. The first-order valence-corrected chi connectivity index (χ1v) is 13.9. The van der Waals surface area contributed by atoms with Crippen molar-refractivity contribution in [3.8, 4) is 5.88 Å². The van der Waals surface area contributed by atoms with E-state index in [0.717, 1.165) is 54.1 Å². The second kappa shape index (κ2) is 11.2. The van der Waals surface area contributed by atoms with Crippen LogP contribution in [0.3, 0.4) is 0 Å². The highest BCUT2D eigenvalue weighted by Crippen LogP contribution is 2.34. The lowest BCUT2D eigenvalue weighted by Gasteiger charge is -2.30. The van der Waals surface area contributed by atoms with Crippen molar-refractivity contribution in [2.45, 2.75) is 71.3 Å². The number of benzene rings is 1. The van der Waals surface area contributed by atoms with Gasteiger partial charge in [-0.2, -0.15) is 0 Å². The lowest BCUT2D eigenvalue weighted by molar-refractivity contribution is 0.0942. The largest absolute Gasteiger partial charge is 0.475 e. The fraction of sp³-hybridized carbons (Fsp3) is 0.548. The number of pyridine rings is 1. The Morgan fingerprint density at radius 1 is 1.03 bits per heavy atom. The summed E-state index contributed by atoms with van der Waals surface area (Å²) < 4.78 is 7.85. The van der Waals surface area contributed by atoms with Crippen LogP contribution in [0.5, 0.6) is 5.88 Å². The predicted molar refractivity (Wildman–Crippen MR) is 146 cm³/mol. The Hall–Kier alpha value is -2.66. The zero-order valence-corrected chi connectivity index (χ0v) is 22.2. The maximum Gasteiger partial charge on any atom is 0.213 e. The average molecular weight is 488 g/mol. The second-order valence-corrected chi connectivity index (χ2v) is 11.3. The maximum atomic E-state index is 13.1. The first-order chi connectivity index (χ1) is 17.4. The number of hydrogen-bond acceptors (Lipinski definition) is 4. The lowest BCUT2D eigenvalue weighted by atomic mass is 9.78. The Labute approximate surface area is 215 Å². The van der Waals surface area contributed by atoms with E-state index in [1.54, 1.807) is 0 Å². The molecule has 0 bridgehead atoms. The molecule has 0 atom stereocenters. The number of aromatic nitrogens is 2. The molecule has 0 unspecified atom stereocenters. The minimum absolute atomic E-state index is 0.157. The number of hydrogen-bond donors (Lipinski definition) is 0. The smallest absolute Gasteiger partial charge is 0.213 e. The molecule has 0 saturated heterocycles. The molecule has 5 nitrogen and oxygen atoms in total. The number of rotatable bonds is 8. The fourth-order valence-electron chi connectivity index (χ4n) is 6.14. The first kappa shape index (κ1) is 25.0. The van der Waals surface area contributed by atoms with Crippen LogP contribution in [0.15, 0.2) is 42.7 Å². The van der Waals surface area contributed by atoms with E-state index in [1.165, 1.54) is 49.9 Å².